The summed E-state index contributed by atoms with van der Waals surface area (Å²) in [6.07, 6.45) is 0. The first-order valence-corrected chi connectivity index (χ1v) is 5.84. The van der Waals surface area contributed by atoms with E-state index in [0.717, 1.165) is 9.91 Å². The molecule has 0 radical (unpaired) electrons. The molecule has 2 aliphatic rings. The van der Waals surface area contributed by atoms with Crippen LogP contribution in [-0.2, 0) is 0 Å². The zero-order valence-corrected chi connectivity index (χ0v) is 9.51. The maximum atomic E-state index is 5.30. The summed E-state index contributed by atoms with van der Waals surface area (Å²) in [7, 11) is 0. The zero-order chi connectivity index (χ0) is 9.71. The van der Waals surface area contributed by atoms with Crippen molar-refractivity contribution >= 4 is 50.4 Å². The van der Waals surface area contributed by atoms with E-state index in [2.05, 4.69) is 17.1 Å². The molecule has 3 rings (SSSR count). The van der Waals surface area contributed by atoms with Crippen molar-refractivity contribution in [1.82, 2.24) is 0 Å². The van der Waals surface area contributed by atoms with Gasteiger partial charge in [0.05, 0.1) is 15.8 Å². The highest BCUT2D eigenvalue weighted by atomic mass is 32.2. The standard InChI is InChI=1S/C10H5NS3/c12-9-7-5-3-1-2-4-6(5)8(7)11-10(13)14-9/h1-4,7H. The fourth-order valence-corrected chi connectivity index (χ4v) is 3.51. The Morgan fingerprint density at radius 2 is 2.00 bits per heavy atom. The van der Waals surface area contributed by atoms with Crippen LogP contribution in [0.3, 0.4) is 0 Å². The minimum Gasteiger partial charge on any atom is -0.233 e. The Labute approximate surface area is 96.6 Å². The van der Waals surface area contributed by atoms with Gasteiger partial charge in [-0.15, -0.1) is 0 Å². The van der Waals surface area contributed by atoms with Crippen molar-refractivity contribution in [2.45, 2.75) is 5.92 Å². The van der Waals surface area contributed by atoms with Crippen molar-refractivity contribution in [3.8, 4) is 0 Å². The Balaban J connectivity index is 2.22. The van der Waals surface area contributed by atoms with E-state index in [1.165, 1.54) is 22.9 Å². The summed E-state index contributed by atoms with van der Waals surface area (Å²) >= 11 is 11.8. The molecule has 1 aliphatic heterocycles. The van der Waals surface area contributed by atoms with Gasteiger partial charge in [-0.1, -0.05) is 60.5 Å². The lowest BCUT2D eigenvalue weighted by molar-refractivity contribution is 1.14. The fraction of sp³-hybridized carbons (Fsp3) is 0.100. The first kappa shape index (κ1) is 8.71. The molecule has 1 aromatic rings. The second kappa shape index (κ2) is 2.95. The van der Waals surface area contributed by atoms with Crippen LogP contribution in [0.5, 0.6) is 0 Å². The van der Waals surface area contributed by atoms with Gasteiger partial charge in [0.1, 0.15) is 0 Å². The molecule has 0 amide bonds. The third kappa shape index (κ3) is 1.05. The summed E-state index contributed by atoms with van der Waals surface area (Å²) in [6.45, 7) is 0. The Morgan fingerprint density at radius 1 is 1.21 bits per heavy atom. The predicted octanol–water partition coefficient (Wildman–Crippen LogP) is 2.93. The lowest BCUT2D eigenvalue weighted by Gasteiger charge is -2.34. The van der Waals surface area contributed by atoms with Crippen LogP contribution in [0.15, 0.2) is 29.3 Å². The second-order valence-electron chi connectivity index (χ2n) is 3.20. The molecular weight excluding hydrogens is 230 g/mol. The van der Waals surface area contributed by atoms with Crippen LogP contribution in [0, 0.1) is 0 Å². The van der Waals surface area contributed by atoms with Crippen LogP contribution in [0.1, 0.15) is 17.0 Å². The summed E-state index contributed by atoms with van der Waals surface area (Å²) in [4.78, 5) is 4.37. The number of hydrogen-bond acceptors (Lipinski definition) is 3. The predicted molar refractivity (Wildman–Crippen MR) is 68.5 cm³/mol. The van der Waals surface area contributed by atoms with Gasteiger partial charge in [-0.2, -0.15) is 0 Å². The van der Waals surface area contributed by atoms with Crippen molar-refractivity contribution in [2.24, 2.45) is 4.99 Å². The minimum absolute atomic E-state index is 0.248. The average molecular weight is 235 g/mol. The van der Waals surface area contributed by atoms with Gasteiger partial charge in [0.2, 0.25) is 0 Å². The summed E-state index contributed by atoms with van der Waals surface area (Å²) in [6, 6.07) is 8.24. The molecule has 0 bridgehead atoms. The monoisotopic (exact) mass is 235 g/mol. The summed E-state index contributed by atoms with van der Waals surface area (Å²) in [5.41, 5.74) is 3.57. The summed E-state index contributed by atoms with van der Waals surface area (Å²) in [5, 5.41) is 0. The number of thiocarbonyl (C=S) groups is 2. The van der Waals surface area contributed by atoms with Crippen LogP contribution in [0.2, 0.25) is 0 Å². The van der Waals surface area contributed by atoms with E-state index in [0.29, 0.717) is 4.32 Å². The number of benzene rings is 1. The van der Waals surface area contributed by atoms with Crippen molar-refractivity contribution < 1.29 is 0 Å². The molecule has 1 nitrogen and oxygen atoms in total. The van der Waals surface area contributed by atoms with Crippen LogP contribution < -0.4 is 0 Å². The van der Waals surface area contributed by atoms with Crippen molar-refractivity contribution in [3.05, 3.63) is 35.4 Å². The lowest BCUT2D eigenvalue weighted by atomic mass is 9.76. The molecular formula is C10H5NS3. The van der Waals surface area contributed by atoms with E-state index < -0.39 is 0 Å². The van der Waals surface area contributed by atoms with Crippen LogP contribution in [-0.4, -0.2) is 14.2 Å². The molecule has 0 spiro atoms. The van der Waals surface area contributed by atoms with E-state index in [9.17, 15) is 0 Å². The van der Waals surface area contributed by atoms with Gasteiger partial charge in [0, 0.05) is 5.56 Å². The van der Waals surface area contributed by atoms with E-state index >= 15 is 0 Å². The number of rotatable bonds is 0. The molecule has 1 aromatic carbocycles. The average Bonchev–Trinajstić information content (AvgIpc) is 2.14. The van der Waals surface area contributed by atoms with Crippen LogP contribution in [0.4, 0.5) is 0 Å². The van der Waals surface area contributed by atoms with Crippen LogP contribution >= 0.6 is 36.2 Å². The normalized spacial score (nSPS) is 23.4. The van der Waals surface area contributed by atoms with E-state index in [4.69, 9.17) is 24.4 Å². The Morgan fingerprint density at radius 3 is 2.86 bits per heavy atom. The molecule has 1 atom stereocenters. The van der Waals surface area contributed by atoms with Gasteiger partial charge in [-0.25, -0.2) is 4.99 Å². The highest BCUT2D eigenvalue weighted by Crippen LogP contribution is 2.43. The second-order valence-corrected chi connectivity index (χ2v) is 5.58. The van der Waals surface area contributed by atoms with E-state index in [-0.39, 0.29) is 5.92 Å². The van der Waals surface area contributed by atoms with Gasteiger partial charge in [0.15, 0.2) is 4.32 Å². The maximum absolute atomic E-state index is 5.30. The molecule has 0 fully saturated rings. The van der Waals surface area contributed by atoms with Gasteiger partial charge < -0.3 is 0 Å². The first-order chi connectivity index (χ1) is 6.77. The molecule has 4 heteroatoms. The minimum atomic E-state index is 0.248. The van der Waals surface area contributed by atoms with E-state index in [1.54, 1.807) is 0 Å². The molecule has 68 valence electrons. The van der Waals surface area contributed by atoms with Gasteiger partial charge in [0.25, 0.3) is 0 Å². The van der Waals surface area contributed by atoms with Crippen molar-refractivity contribution in [3.63, 3.8) is 0 Å². The maximum Gasteiger partial charge on any atom is 0.165 e. The molecule has 0 saturated heterocycles. The molecule has 1 heterocycles. The highest BCUT2D eigenvalue weighted by Gasteiger charge is 2.39. The van der Waals surface area contributed by atoms with Crippen molar-refractivity contribution in [2.75, 3.05) is 0 Å². The molecule has 0 saturated carbocycles. The largest absolute Gasteiger partial charge is 0.233 e. The van der Waals surface area contributed by atoms with Gasteiger partial charge >= 0.3 is 0 Å². The zero-order valence-electron chi connectivity index (χ0n) is 7.06. The molecule has 0 aromatic heterocycles. The first-order valence-electron chi connectivity index (χ1n) is 4.21. The number of nitrogens with zero attached hydrogens (tertiary/aromatic N) is 1. The number of thioether (sulfide) groups is 1. The highest BCUT2D eigenvalue weighted by molar-refractivity contribution is 8.38. The Hall–Kier alpha value is -0.580. The quantitative estimate of drug-likeness (QED) is 0.641. The molecule has 1 unspecified atom stereocenters. The third-order valence-electron chi connectivity index (χ3n) is 2.46. The fourth-order valence-electron chi connectivity index (χ4n) is 1.84. The Bertz CT molecular complexity index is 490. The SMILES string of the molecule is S=C1N=C2c3ccccc3C2C(=S)S1. The topological polar surface area (TPSA) is 12.4 Å². The molecule has 14 heavy (non-hydrogen) atoms. The summed E-state index contributed by atoms with van der Waals surface area (Å²) in [5.74, 6) is 0.248. The van der Waals surface area contributed by atoms with Crippen LogP contribution in [0.25, 0.3) is 0 Å². The van der Waals surface area contributed by atoms with Gasteiger partial charge in [-0.3, -0.25) is 0 Å². The number of aliphatic imine (C=N–C) groups is 1. The lowest BCUT2D eigenvalue weighted by Crippen LogP contribution is -2.35. The number of hydrogen-bond donors (Lipinski definition) is 0. The van der Waals surface area contributed by atoms with E-state index in [1.807, 2.05) is 12.1 Å². The molecule has 0 N–H and O–H groups in total. The summed E-state index contributed by atoms with van der Waals surface area (Å²) < 4.78 is 1.59. The van der Waals surface area contributed by atoms with Gasteiger partial charge in [-0.05, 0) is 5.56 Å². The van der Waals surface area contributed by atoms with Crippen molar-refractivity contribution in [1.29, 1.82) is 0 Å². The Kier molecular flexibility index (Phi) is 1.84. The smallest absolute Gasteiger partial charge is 0.165 e. The number of fused-ring (bicyclic) bond motifs is 4. The molecule has 1 aliphatic carbocycles. The third-order valence-corrected chi connectivity index (χ3v) is 3.99.